The Morgan fingerprint density at radius 2 is 1.18 bits per heavy atom. The van der Waals surface area contributed by atoms with Gasteiger partial charge in [-0.1, -0.05) is 88.7 Å². The van der Waals surface area contributed by atoms with Crippen LogP contribution in [0.1, 0.15) is 36.6 Å². The number of para-hydroxylation sites is 1. The van der Waals surface area contributed by atoms with E-state index < -0.39 is 0 Å². The minimum atomic E-state index is -0.371. The number of allylic oxidation sites excluding steroid dienone is 2. The van der Waals surface area contributed by atoms with Crippen LogP contribution in [-0.4, -0.2) is 17.5 Å². The highest BCUT2D eigenvalue weighted by Gasteiger charge is 2.40. The number of hydrogen-bond acceptors (Lipinski definition) is 3. The molecule has 0 atom stereocenters. The van der Waals surface area contributed by atoms with Crippen molar-refractivity contribution in [2.24, 2.45) is 0 Å². The van der Waals surface area contributed by atoms with Crippen LogP contribution in [0.15, 0.2) is 119 Å². The van der Waals surface area contributed by atoms with Crippen LogP contribution in [0.25, 0.3) is 5.57 Å². The molecule has 0 aromatic heterocycles. The monoisotopic (exact) mass is 507 g/mol. The molecule has 5 rings (SSSR count). The van der Waals surface area contributed by atoms with Crippen molar-refractivity contribution in [2.75, 3.05) is 4.90 Å². The maximum absolute atomic E-state index is 13.9. The zero-order chi connectivity index (χ0) is 23.7. The molecule has 0 N–H and O–H groups in total. The van der Waals surface area contributed by atoms with E-state index in [0.717, 1.165) is 4.47 Å². The molecule has 0 radical (unpaired) electrons. The van der Waals surface area contributed by atoms with Crippen molar-refractivity contribution in [2.45, 2.75) is 0 Å². The smallest absolute Gasteiger partial charge is 0.263 e. The Morgan fingerprint density at radius 3 is 1.82 bits per heavy atom. The van der Waals surface area contributed by atoms with Crippen LogP contribution in [0.3, 0.4) is 0 Å². The Bertz CT molecular complexity index is 1440. The van der Waals surface area contributed by atoms with Gasteiger partial charge in [0.05, 0.1) is 11.3 Å². The standard InChI is InChI=1S/C29H18BrNO3/c30-22-17-15-19(16-18-22)25(27(32)20-9-3-1-4-10-20)26-28(33)23-13-7-8-14-24(23)31(26)29(34)21-11-5-2-6-12-21/h1-18H/b26-25+. The van der Waals surface area contributed by atoms with Crippen molar-refractivity contribution in [3.63, 3.8) is 0 Å². The molecule has 0 saturated carbocycles. The third kappa shape index (κ3) is 3.80. The lowest BCUT2D eigenvalue weighted by Crippen LogP contribution is -2.30. The van der Waals surface area contributed by atoms with Crippen LogP contribution < -0.4 is 4.90 Å². The first-order valence-electron chi connectivity index (χ1n) is 10.7. The van der Waals surface area contributed by atoms with Crippen LogP contribution >= 0.6 is 15.9 Å². The van der Waals surface area contributed by atoms with Crippen molar-refractivity contribution in [3.05, 3.63) is 142 Å². The fraction of sp³-hybridized carbons (Fsp3) is 0. The number of Topliss-reactive ketones (excluding diaryl/α,β-unsaturated/α-hetero) is 2. The van der Waals surface area contributed by atoms with Crippen molar-refractivity contribution in [1.82, 2.24) is 0 Å². The predicted molar refractivity (Wildman–Crippen MR) is 136 cm³/mol. The molecule has 4 nitrogen and oxygen atoms in total. The van der Waals surface area contributed by atoms with Crippen LogP contribution in [0.5, 0.6) is 0 Å². The minimum absolute atomic E-state index is 0.0613. The van der Waals surface area contributed by atoms with Gasteiger partial charge in [0.1, 0.15) is 5.70 Å². The Hall–Kier alpha value is -4.09. The molecule has 0 saturated heterocycles. The number of carbonyl (C=O) groups excluding carboxylic acids is 3. The first-order chi connectivity index (χ1) is 16.6. The van der Waals surface area contributed by atoms with Gasteiger partial charge in [-0.2, -0.15) is 0 Å². The second-order valence-electron chi connectivity index (χ2n) is 7.78. The average molecular weight is 508 g/mol. The van der Waals surface area contributed by atoms with E-state index in [1.54, 1.807) is 84.9 Å². The summed E-state index contributed by atoms with van der Waals surface area (Å²) in [6.45, 7) is 0. The average Bonchev–Trinajstić information content (AvgIpc) is 3.18. The molecule has 4 aromatic carbocycles. The van der Waals surface area contributed by atoms with Gasteiger partial charge in [0.15, 0.2) is 5.78 Å². The van der Waals surface area contributed by atoms with Gasteiger partial charge in [-0.25, -0.2) is 0 Å². The molecule has 164 valence electrons. The number of benzene rings is 4. The van der Waals surface area contributed by atoms with Gasteiger partial charge >= 0.3 is 0 Å². The molecule has 0 spiro atoms. The van der Waals surface area contributed by atoms with E-state index >= 15 is 0 Å². The van der Waals surface area contributed by atoms with E-state index in [0.29, 0.717) is 27.9 Å². The van der Waals surface area contributed by atoms with Crippen molar-refractivity contribution < 1.29 is 14.4 Å². The van der Waals surface area contributed by atoms with E-state index in [2.05, 4.69) is 15.9 Å². The number of amides is 1. The molecule has 5 heteroatoms. The maximum Gasteiger partial charge on any atom is 0.263 e. The number of anilines is 1. The second-order valence-corrected chi connectivity index (χ2v) is 8.69. The van der Waals surface area contributed by atoms with E-state index in [9.17, 15) is 14.4 Å². The normalized spacial score (nSPS) is 14.0. The lowest BCUT2D eigenvalue weighted by molar-refractivity contribution is 0.0972. The van der Waals surface area contributed by atoms with Gasteiger partial charge in [0.2, 0.25) is 5.78 Å². The van der Waals surface area contributed by atoms with Crippen LogP contribution in [0.4, 0.5) is 5.69 Å². The van der Waals surface area contributed by atoms with Crippen molar-refractivity contribution in [3.8, 4) is 0 Å². The highest BCUT2D eigenvalue weighted by molar-refractivity contribution is 9.10. The minimum Gasteiger partial charge on any atom is -0.289 e. The molecule has 34 heavy (non-hydrogen) atoms. The number of hydrogen-bond donors (Lipinski definition) is 0. The van der Waals surface area contributed by atoms with Gasteiger partial charge in [-0.05, 0) is 42.0 Å². The fourth-order valence-electron chi connectivity index (χ4n) is 4.08. The molecular weight excluding hydrogens is 490 g/mol. The summed E-state index contributed by atoms with van der Waals surface area (Å²) in [7, 11) is 0. The maximum atomic E-state index is 13.9. The first-order valence-corrected chi connectivity index (χ1v) is 11.5. The molecule has 0 aliphatic carbocycles. The summed E-state index contributed by atoms with van der Waals surface area (Å²) in [5.74, 6) is -1.06. The third-order valence-electron chi connectivity index (χ3n) is 5.68. The molecule has 0 bridgehead atoms. The van der Waals surface area contributed by atoms with Crippen LogP contribution in [0.2, 0.25) is 0 Å². The molecule has 1 aliphatic rings. The number of rotatable bonds is 4. The molecule has 1 heterocycles. The van der Waals surface area contributed by atoms with E-state index in [1.807, 2.05) is 24.3 Å². The quantitative estimate of drug-likeness (QED) is 0.231. The highest BCUT2D eigenvalue weighted by Crippen LogP contribution is 2.40. The number of nitrogens with zero attached hydrogens (tertiary/aromatic N) is 1. The van der Waals surface area contributed by atoms with Crippen LogP contribution in [-0.2, 0) is 0 Å². The Morgan fingerprint density at radius 1 is 0.618 bits per heavy atom. The van der Waals surface area contributed by atoms with E-state index in [1.165, 1.54) is 4.90 Å². The lowest BCUT2D eigenvalue weighted by Gasteiger charge is -2.22. The fourth-order valence-corrected chi connectivity index (χ4v) is 4.35. The summed E-state index contributed by atoms with van der Waals surface area (Å²) < 4.78 is 0.839. The summed E-state index contributed by atoms with van der Waals surface area (Å²) in [4.78, 5) is 42.7. The molecule has 0 unspecified atom stereocenters. The van der Waals surface area contributed by atoms with Gasteiger partial charge in [0.25, 0.3) is 5.91 Å². The zero-order valence-corrected chi connectivity index (χ0v) is 19.5. The summed E-state index contributed by atoms with van der Waals surface area (Å²) >= 11 is 3.43. The number of ketones is 2. The Kier molecular flexibility index (Phi) is 5.78. The first kappa shape index (κ1) is 21.7. The van der Waals surface area contributed by atoms with E-state index in [4.69, 9.17) is 0 Å². The Balaban J connectivity index is 1.81. The summed E-state index contributed by atoms with van der Waals surface area (Å²) in [5, 5.41) is 0. The summed E-state index contributed by atoms with van der Waals surface area (Å²) in [5.41, 5.74) is 2.51. The van der Waals surface area contributed by atoms with Crippen molar-refractivity contribution >= 4 is 44.7 Å². The topological polar surface area (TPSA) is 54.5 Å². The molecular formula is C29H18BrNO3. The van der Waals surface area contributed by atoms with E-state index in [-0.39, 0.29) is 28.7 Å². The molecule has 1 aliphatic heterocycles. The third-order valence-corrected chi connectivity index (χ3v) is 6.21. The van der Waals surface area contributed by atoms with Gasteiger partial charge in [-0.15, -0.1) is 0 Å². The second kappa shape index (κ2) is 9.04. The Labute approximate surface area is 205 Å². The number of carbonyl (C=O) groups is 3. The molecule has 0 fully saturated rings. The SMILES string of the molecule is O=C(/C(=C1\C(=O)c2ccccc2N1C(=O)c1ccccc1)c1ccc(Br)cc1)c1ccccc1. The summed E-state index contributed by atoms with van der Waals surface area (Å²) in [6.07, 6.45) is 0. The highest BCUT2D eigenvalue weighted by atomic mass is 79.9. The molecule has 4 aromatic rings. The zero-order valence-electron chi connectivity index (χ0n) is 17.9. The van der Waals surface area contributed by atoms with Crippen LogP contribution in [0, 0.1) is 0 Å². The molecule has 1 amide bonds. The largest absolute Gasteiger partial charge is 0.289 e. The van der Waals surface area contributed by atoms with Gasteiger partial charge in [0, 0.05) is 21.2 Å². The van der Waals surface area contributed by atoms with Gasteiger partial charge < -0.3 is 0 Å². The lowest BCUT2D eigenvalue weighted by atomic mass is 9.93. The van der Waals surface area contributed by atoms with Gasteiger partial charge in [-0.3, -0.25) is 19.3 Å². The summed E-state index contributed by atoms with van der Waals surface area (Å²) in [6, 6.07) is 31.6. The van der Waals surface area contributed by atoms with Crippen molar-refractivity contribution in [1.29, 1.82) is 0 Å². The number of fused-ring (bicyclic) bond motifs is 1. The number of halogens is 1. The predicted octanol–water partition coefficient (Wildman–Crippen LogP) is 6.59.